The van der Waals surface area contributed by atoms with Crippen LogP contribution in [0.15, 0.2) is 0 Å². The Hall–Kier alpha value is -1.34. The van der Waals surface area contributed by atoms with Gasteiger partial charge in [0.15, 0.2) is 5.72 Å². The van der Waals surface area contributed by atoms with Gasteiger partial charge in [-0.1, -0.05) is 20.3 Å². The molecule has 0 bridgehead atoms. The molecule has 2 fully saturated rings. The zero-order valence-corrected chi connectivity index (χ0v) is 16.3. The number of hydroxylamine groups is 2. The van der Waals surface area contributed by atoms with Crippen LogP contribution in [0.5, 0.6) is 0 Å². The molecular weight excluding hydrogens is 324 g/mol. The summed E-state index contributed by atoms with van der Waals surface area (Å²) in [7, 11) is 1.39. The number of nitrogens with zero attached hydrogens (tertiary/aromatic N) is 1. The van der Waals surface area contributed by atoms with Crippen molar-refractivity contribution in [2.45, 2.75) is 90.1 Å². The Balaban J connectivity index is 2.09. The Morgan fingerprint density at radius 2 is 2.00 bits per heavy atom. The number of esters is 1. The van der Waals surface area contributed by atoms with Crippen LogP contribution >= 0.6 is 0 Å². The molecule has 1 heterocycles. The average molecular weight is 356 g/mol. The molecule has 4 atom stereocenters. The van der Waals surface area contributed by atoms with Gasteiger partial charge in [-0.2, -0.15) is 0 Å². The molecule has 1 saturated heterocycles. The highest BCUT2D eigenvalue weighted by molar-refractivity contribution is 5.76. The lowest BCUT2D eigenvalue weighted by molar-refractivity contribution is -0.148. The zero-order valence-electron chi connectivity index (χ0n) is 16.3. The van der Waals surface area contributed by atoms with E-state index >= 15 is 0 Å². The number of carbonyl (C=O) groups excluding carboxylic acids is 2. The van der Waals surface area contributed by atoms with E-state index in [9.17, 15) is 9.59 Å². The van der Waals surface area contributed by atoms with Crippen LogP contribution in [0, 0.1) is 5.92 Å². The third-order valence-corrected chi connectivity index (χ3v) is 4.56. The highest BCUT2D eigenvalue weighted by Crippen LogP contribution is 2.49. The van der Waals surface area contributed by atoms with Crippen LogP contribution in [0.2, 0.25) is 0 Å². The molecule has 1 spiro atoms. The fraction of sp³-hybridized carbons (Fsp3) is 0.889. The quantitative estimate of drug-likeness (QED) is 0.602. The Kier molecular flexibility index (Phi) is 5.99. The zero-order chi connectivity index (χ0) is 18.8. The monoisotopic (exact) mass is 356 g/mol. The van der Waals surface area contributed by atoms with Gasteiger partial charge in [-0.3, -0.25) is 9.63 Å². The van der Waals surface area contributed by atoms with Gasteiger partial charge in [-0.05, 0) is 52.4 Å². The van der Waals surface area contributed by atoms with Crippen molar-refractivity contribution in [2.75, 3.05) is 7.11 Å². The van der Waals surface area contributed by atoms with Crippen LogP contribution in [0.3, 0.4) is 0 Å². The Morgan fingerprint density at radius 1 is 1.32 bits per heavy atom. The minimum absolute atomic E-state index is 0.199. The molecule has 0 aromatic carbocycles. The van der Waals surface area contributed by atoms with Crippen molar-refractivity contribution in [1.29, 1.82) is 0 Å². The smallest absolute Gasteiger partial charge is 0.408 e. The SMILES string of the molecule is COC(=O)[C@@H](CC(C)C)N1O[C@]12CCCC[C@@H]2NC(=O)OC(C)(C)C. The van der Waals surface area contributed by atoms with Crippen molar-refractivity contribution >= 4 is 12.1 Å². The van der Waals surface area contributed by atoms with Crippen molar-refractivity contribution < 1.29 is 23.9 Å². The van der Waals surface area contributed by atoms with Gasteiger partial charge < -0.3 is 14.8 Å². The van der Waals surface area contributed by atoms with E-state index in [4.69, 9.17) is 14.3 Å². The standard InChI is InChI=1S/C18H32N2O5/c1-12(2)11-13(15(21)23-6)20-18(25-20)10-8-7-9-14(18)19-16(22)24-17(3,4)5/h12-14H,7-11H2,1-6H3,(H,19,22)/t13-,14+,18+,20?/m1/s1. The number of ether oxygens (including phenoxy) is 2. The normalized spacial score (nSPS) is 30.0. The van der Waals surface area contributed by atoms with Gasteiger partial charge >= 0.3 is 12.1 Å². The highest BCUT2D eigenvalue weighted by atomic mass is 16.9. The van der Waals surface area contributed by atoms with Gasteiger partial charge in [0.1, 0.15) is 11.6 Å². The van der Waals surface area contributed by atoms with Gasteiger partial charge in [0.05, 0.1) is 13.2 Å². The summed E-state index contributed by atoms with van der Waals surface area (Å²) in [6, 6.07) is -0.651. The second-order valence-electron chi connectivity index (χ2n) is 8.38. The number of amides is 1. The lowest BCUT2D eigenvalue weighted by Gasteiger charge is -2.31. The molecule has 1 aliphatic carbocycles. The number of nitrogens with one attached hydrogen (secondary N) is 1. The van der Waals surface area contributed by atoms with Crippen LogP contribution in [0.1, 0.15) is 66.7 Å². The molecular formula is C18H32N2O5. The van der Waals surface area contributed by atoms with E-state index in [1.54, 1.807) is 5.06 Å². The predicted octanol–water partition coefficient (Wildman–Crippen LogP) is 2.98. The van der Waals surface area contributed by atoms with E-state index in [-0.39, 0.29) is 12.0 Å². The van der Waals surface area contributed by atoms with Gasteiger partial charge in [0, 0.05) is 0 Å². The molecule has 1 amide bonds. The molecule has 7 nitrogen and oxygen atoms in total. The molecule has 1 aliphatic heterocycles. The topological polar surface area (TPSA) is 80.2 Å². The van der Waals surface area contributed by atoms with Crippen molar-refractivity contribution in [2.24, 2.45) is 5.92 Å². The maximum atomic E-state index is 12.2. The fourth-order valence-corrected chi connectivity index (χ4v) is 3.48. The van der Waals surface area contributed by atoms with E-state index in [1.807, 2.05) is 20.8 Å². The first-order chi connectivity index (χ1) is 11.6. The molecule has 1 N–H and O–H groups in total. The number of carbonyl (C=O) groups is 2. The van der Waals surface area contributed by atoms with Crippen LogP contribution < -0.4 is 5.32 Å². The highest BCUT2D eigenvalue weighted by Gasteiger charge is 2.65. The molecule has 7 heteroatoms. The van der Waals surface area contributed by atoms with E-state index in [0.29, 0.717) is 12.3 Å². The van der Waals surface area contributed by atoms with E-state index in [0.717, 1.165) is 25.7 Å². The summed E-state index contributed by atoms with van der Waals surface area (Å²) in [6.07, 6.45) is 3.77. The lowest BCUT2D eigenvalue weighted by atomic mass is 9.87. The minimum Gasteiger partial charge on any atom is -0.468 e. The first-order valence-corrected chi connectivity index (χ1v) is 9.15. The van der Waals surface area contributed by atoms with Gasteiger partial charge in [0.25, 0.3) is 0 Å². The summed E-state index contributed by atoms with van der Waals surface area (Å²) in [5, 5.41) is 4.68. The van der Waals surface area contributed by atoms with E-state index < -0.39 is 23.5 Å². The second kappa shape index (κ2) is 7.50. The third kappa shape index (κ3) is 4.85. The lowest BCUT2D eigenvalue weighted by Crippen LogP contribution is -2.52. The van der Waals surface area contributed by atoms with Crippen LogP contribution in [0.25, 0.3) is 0 Å². The maximum absolute atomic E-state index is 12.2. The third-order valence-electron chi connectivity index (χ3n) is 4.56. The molecule has 1 unspecified atom stereocenters. The first kappa shape index (κ1) is 20.0. The maximum Gasteiger partial charge on any atom is 0.408 e. The molecule has 25 heavy (non-hydrogen) atoms. The van der Waals surface area contributed by atoms with Crippen LogP contribution in [-0.4, -0.2) is 47.6 Å². The van der Waals surface area contributed by atoms with Crippen molar-refractivity contribution in [3.05, 3.63) is 0 Å². The average Bonchev–Trinajstić information content (AvgIpc) is 3.19. The molecule has 144 valence electrons. The molecule has 0 aromatic rings. The summed E-state index contributed by atoms with van der Waals surface area (Å²) < 4.78 is 10.3. The van der Waals surface area contributed by atoms with Gasteiger partial charge in [-0.25, -0.2) is 4.79 Å². The number of rotatable bonds is 5. The molecule has 0 aromatic heterocycles. The molecule has 0 radical (unpaired) electrons. The van der Waals surface area contributed by atoms with Crippen LogP contribution in [0.4, 0.5) is 4.79 Å². The summed E-state index contributed by atoms with van der Waals surface area (Å²) >= 11 is 0. The first-order valence-electron chi connectivity index (χ1n) is 9.15. The number of hydrogen-bond donors (Lipinski definition) is 1. The van der Waals surface area contributed by atoms with Crippen molar-refractivity contribution in [1.82, 2.24) is 10.4 Å². The predicted molar refractivity (Wildman–Crippen MR) is 92.5 cm³/mol. The molecule has 2 rings (SSSR count). The summed E-state index contributed by atoms with van der Waals surface area (Å²) in [6.45, 7) is 9.62. The fourth-order valence-electron chi connectivity index (χ4n) is 3.48. The Bertz CT molecular complexity index is 502. The molecule has 2 aliphatic rings. The summed E-state index contributed by atoms with van der Waals surface area (Å²) in [4.78, 5) is 30.3. The minimum atomic E-state index is -0.622. The second-order valence-corrected chi connectivity index (χ2v) is 8.38. The van der Waals surface area contributed by atoms with Crippen LogP contribution in [-0.2, 0) is 19.1 Å². The Labute approximate surface area is 150 Å². The Morgan fingerprint density at radius 3 is 2.56 bits per heavy atom. The number of hydrogen-bond acceptors (Lipinski definition) is 6. The molecule has 1 saturated carbocycles. The van der Waals surface area contributed by atoms with E-state index in [2.05, 4.69) is 19.2 Å². The number of methoxy groups -OCH3 is 1. The van der Waals surface area contributed by atoms with Crippen molar-refractivity contribution in [3.8, 4) is 0 Å². The van der Waals surface area contributed by atoms with Gasteiger partial charge in [-0.15, -0.1) is 5.06 Å². The van der Waals surface area contributed by atoms with E-state index in [1.165, 1.54) is 7.11 Å². The van der Waals surface area contributed by atoms with Gasteiger partial charge in [0.2, 0.25) is 0 Å². The number of alkyl carbamates (subject to hydrolysis) is 1. The summed E-state index contributed by atoms with van der Waals surface area (Å²) in [5.41, 5.74) is -1.18. The summed E-state index contributed by atoms with van der Waals surface area (Å²) in [5.74, 6) is 0.0263. The largest absolute Gasteiger partial charge is 0.468 e. The van der Waals surface area contributed by atoms with Crippen molar-refractivity contribution in [3.63, 3.8) is 0 Å².